The van der Waals surface area contributed by atoms with Crippen molar-refractivity contribution in [3.8, 4) is 0 Å². The van der Waals surface area contributed by atoms with Gasteiger partial charge in [-0.15, -0.1) is 0 Å². The second-order valence-corrected chi connectivity index (χ2v) is 3.78. The van der Waals surface area contributed by atoms with Crippen LogP contribution in [0.15, 0.2) is 29.4 Å². The molecule has 1 aliphatic rings. The molecule has 2 rings (SSSR count). The number of alkyl halides is 3. The van der Waals surface area contributed by atoms with Gasteiger partial charge in [-0.25, -0.2) is 0 Å². The van der Waals surface area contributed by atoms with Gasteiger partial charge in [-0.1, -0.05) is 6.07 Å². The maximum absolute atomic E-state index is 12.5. The molecule has 0 saturated carbocycles. The molecule has 8 heteroatoms. The van der Waals surface area contributed by atoms with E-state index in [1.165, 1.54) is 6.07 Å². The second kappa shape index (κ2) is 4.38. The molecule has 0 saturated heterocycles. The van der Waals surface area contributed by atoms with Crippen LogP contribution >= 0.6 is 0 Å². The smallest absolute Gasteiger partial charge is 0.416 e. The Bertz CT molecular complexity index is 569. The number of hydrogen-bond acceptors (Lipinski definition) is 3. The molecule has 1 aromatic carbocycles. The van der Waals surface area contributed by atoms with Crippen molar-refractivity contribution in [2.45, 2.75) is 6.18 Å². The van der Waals surface area contributed by atoms with Gasteiger partial charge >= 0.3 is 12.1 Å². The first-order valence-electron chi connectivity index (χ1n) is 5.09. The van der Waals surface area contributed by atoms with Crippen LogP contribution in [0.2, 0.25) is 0 Å². The minimum atomic E-state index is -4.55. The fourth-order valence-corrected chi connectivity index (χ4v) is 1.56. The molecule has 5 nitrogen and oxygen atoms in total. The highest BCUT2D eigenvalue weighted by molar-refractivity contribution is 6.19. The van der Waals surface area contributed by atoms with Crippen LogP contribution in [0.3, 0.4) is 0 Å². The fraction of sp³-hybridized carbons (Fsp3) is 0.182. The Labute approximate surface area is 104 Å². The van der Waals surface area contributed by atoms with Crippen molar-refractivity contribution < 1.29 is 27.9 Å². The number of anilines is 1. The van der Waals surface area contributed by atoms with E-state index in [0.717, 1.165) is 24.4 Å². The van der Waals surface area contributed by atoms with Crippen molar-refractivity contribution in [1.82, 2.24) is 0 Å². The van der Waals surface area contributed by atoms with Gasteiger partial charge in [0.1, 0.15) is 0 Å². The summed E-state index contributed by atoms with van der Waals surface area (Å²) in [5.74, 6) is -3.76. The fourth-order valence-electron chi connectivity index (χ4n) is 1.56. The number of carbonyl (C=O) groups excluding carboxylic acids is 1. The van der Waals surface area contributed by atoms with Gasteiger partial charge in [-0.3, -0.25) is 9.59 Å². The first-order valence-corrected chi connectivity index (χ1v) is 5.09. The molecule has 1 amide bonds. The molecular weight excluding hydrogens is 265 g/mol. The average molecular weight is 272 g/mol. The molecule has 0 fully saturated rings. The van der Waals surface area contributed by atoms with Crippen molar-refractivity contribution >= 4 is 23.8 Å². The minimum Gasteiger partial charge on any atom is -0.480 e. The van der Waals surface area contributed by atoms with Crippen molar-refractivity contribution in [3.63, 3.8) is 0 Å². The number of benzene rings is 1. The lowest BCUT2D eigenvalue weighted by molar-refractivity contribution is -0.142. The molecule has 0 aromatic heterocycles. The van der Waals surface area contributed by atoms with Crippen LogP contribution < -0.4 is 5.01 Å². The SMILES string of the molecule is O=C(O)C1C=NN(c2cccc(C(F)(F)F)c2)C1=O. The van der Waals surface area contributed by atoms with Crippen LogP contribution in [0.5, 0.6) is 0 Å². The van der Waals surface area contributed by atoms with Gasteiger partial charge < -0.3 is 5.11 Å². The Kier molecular flexibility index (Phi) is 3.01. The van der Waals surface area contributed by atoms with Crippen LogP contribution in [0.4, 0.5) is 18.9 Å². The van der Waals surface area contributed by atoms with Crippen molar-refractivity contribution in [2.75, 3.05) is 5.01 Å². The van der Waals surface area contributed by atoms with Crippen LogP contribution in [0.25, 0.3) is 0 Å². The molecule has 1 aromatic rings. The number of aliphatic carboxylic acids is 1. The predicted molar refractivity (Wildman–Crippen MR) is 58.5 cm³/mol. The summed E-state index contributed by atoms with van der Waals surface area (Å²) in [5.41, 5.74) is -1.06. The Balaban J connectivity index is 2.32. The molecule has 0 spiro atoms. The quantitative estimate of drug-likeness (QED) is 0.833. The summed E-state index contributed by atoms with van der Waals surface area (Å²) in [6.07, 6.45) is -3.67. The summed E-state index contributed by atoms with van der Waals surface area (Å²) >= 11 is 0. The van der Waals surface area contributed by atoms with Gasteiger partial charge in [0.05, 0.1) is 11.3 Å². The van der Waals surface area contributed by atoms with Crippen LogP contribution in [-0.4, -0.2) is 23.2 Å². The van der Waals surface area contributed by atoms with Crippen molar-refractivity contribution in [2.24, 2.45) is 11.0 Å². The monoisotopic (exact) mass is 272 g/mol. The third kappa shape index (κ3) is 2.42. The molecule has 0 aliphatic carbocycles. The lowest BCUT2D eigenvalue weighted by Gasteiger charge is -2.15. The molecule has 1 N–H and O–H groups in total. The van der Waals surface area contributed by atoms with E-state index in [1.807, 2.05) is 0 Å². The summed E-state index contributed by atoms with van der Waals surface area (Å²) in [4.78, 5) is 22.3. The molecule has 1 heterocycles. The molecule has 1 atom stereocenters. The summed E-state index contributed by atoms with van der Waals surface area (Å²) < 4.78 is 37.6. The number of carbonyl (C=O) groups is 2. The Morgan fingerprint density at radius 1 is 1.37 bits per heavy atom. The third-order valence-corrected chi connectivity index (χ3v) is 2.49. The highest BCUT2D eigenvalue weighted by atomic mass is 19.4. The van der Waals surface area contributed by atoms with Crippen molar-refractivity contribution in [3.05, 3.63) is 29.8 Å². The first kappa shape index (κ1) is 13.1. The summed E-state index contributed by atoms with van der Waals surface area (Å²) in [6.45, 7) is 0. The molecule has 0 radical (unpaired) electrons. The van der Waals surface area contributed by atoms with E-state index in [9.17, 15) is 22.8 Å². The van der Waals surface area contributed by atoms with Crippen LogP contribution in [0.1, 0.15) is 5.56 Å². The standard InChI is InChI=1S/C11H7F3N2O3/c12-11(13,14)6-2-1-3-7(4-6)16-9(17)8(5-15-16)10(18)19/h1-5,8H,(H,18,19). The van der Waals surface area contributed by atoms with Crippen molar-refractivity contribution in [1.29, 1.82) is 0 Å². The van der Waals surface area contributed by atoms with E-state index < -0.39 is 29.5 Å². The molecule has 1 aliphatic heterocycles. The maximum atomic E-state index is 12.5. The van der Waals surface area contributed by atoms with E-state index in [4.69, 9.17) is 5.11 Å². The highest BCUT2D eigenvalue weighted by Gasteiger charge is 2.36. The van der Waals surface area contributed by atoms with E-state index in [1.54, 1.807) is 0 Å². The van der Waals surface area contributed by atoms with E-state index in [0.29, 0.717) is 5.01 Å². The number of nitrogens with zero attached hydrogens (tertiary/aromatic N) is 2. The maximum Gasteiger partial charge on any atom is 0.416 e. The largest absolute Gasteiger partial charge is 0.480 e. The first-order chi connectivity index (χ1) is 8.80. The van der Waals surface area contributed by atoms with Gasteiger partial charge in [0.2, 0.25) is 0 Å². The van der Waals surface area contributed by atoms with Gasteiger partial charge in [0.15, 0.2) is 5.92 Å². The minimum absolute atomic E-state index is 0.125. The number of amides is 1. The summed E-state index contributed by atoms with van der Waals surface area (Å²) in [6, 6.07) is 3.95. The molecule has 100 valence electrons. The Morgan fingerprint density at radius 2 is 2.05 bits per heavy atom. The summed E-state index contributed by atoms with van der Waals surface area (Å²) in [5, 5.41) is 12.9. The molecule has 0 bridgehead atoms. The normalized spacial score (nSPS) is 19.0. The number of carboxylic acid groups (broad SMARTS) is 1. The number of hydrazone groups is 1. The number of rotatable bonds is 2. The zero-order valence-corrected chi connectivity index (χ0v) is 9.26. The van der Waals surface area contributed by atoms with Crippen LogP contribution in [0, 0.1) is 5.92 Å². The number of hydrogen-bond donors (Lipinski definition) is 1. The highest BCUT2D eigenvalue weighted by Crippen LogP contribution is 2.32. The topological polar surface area (TPSA) is 70.0 Å². The zero-order valence-electron chi connectivity index (χ0n) is 9.26. The van der Waals surface area contributed by atoms with Gasteiger partial charge in [-0.05, 0) is 18.2 Å². The summed E-state index contributed by atoms with van der Waals surface area (Å²) in [7, 11) is 0. The van der Waals surface area contributed by atoms with Gasteiger partial charge in [0, 0.05) is 6.21 Å². The molecule has 19 heavy (non-hydrogen) atoms. The Morgan fingerprint density at radius 3 is 2.58 bits per heavy atom. The van der Waals surface area contributed by atoms with E-state index in [2.05, 4.69) is 5.10 Å². The third-order valence-electron chi connectivity index (χ3n) is 2.49. The predicted octanol–water partition coefficient (Wildman–Crippen LogP) is 1.74. The molecule has 1 unspecified atom stereocenters. The Hall–Kier alpha value is -2.38. The van der Waals surface area contributed by atoms with E-state index in [-0.39, 0.29) is 5.69 Å². The second-order valence-electron chi connectivity index (χ2n) is 3.78. The van der Waals surface area contributed by atoms with Crippen LogP contribution in [-0.2, 0) is 15.8 Å². The van der Waals surface area contributed by atoms with E-state index >= 15 is 0 Å². The number of halogens is 3. The lowest BCUT2D eigenvalue weighted by atomic mass is 10.1. The zero-order chi connectivity index (χ0) is 14.2. The average Bonchev–Trinajstić information content (AvgIpc) is 2.70. The van der Waals surface area contributed by atoms with Gasteiger partial charge in [0.25, 0.3) is 5.91 Å². The number of carboxylic acids is 1. The van der Waals surface area contributed by atoms with Gasteiger partial charge in [-0.2, -0.15) is 23.3 Å². The lowest BCUT2D eigenvalue weighted by Crippen LogP contribution is -2.30. The molecular formula is C11H7F3N2O3.